The molecule has 1 unspecified atom stereocenters. The number of imidazole rings is 1. The maximum atomic E-state index is 12.0. The molecule has 6 heteroatoms. The molecule has 92 valence electrons. The van der Waals surface area contributed by atoms with E-state index in [1.165, 1.54) is 4.90 Å². The van der Waals surface area contributed by atoms with Crippen molar-refractivity contribution in [3.63, 3.8) is 0 Å². The molecule has 1 aromatic rings. The molecule has 1 aromatic heterocycles. The monoisotopic (exact) mass is 235 g/mol. The first-order valence-electron chi connectivity index (χ1n) is 5.46. The number of nitrogens with two attached hydrogens (primary N) is 1. The van der Waals surface area contributed by atoms with Gasteiger partial charge in [0.05, 0.1) is 18.8 Å². The van der Waals surface area contributed by atoms with Crippen LogP contribution in [0.2, 0.25) is 0 Å². The molecule has 0 saturated carbocycles. The van der Waals surface area contributed by atoms with E-state index >= 15 is 0 Å². The second-order valence-corrected chi connectivity index (χ2v) is 3.91. The quantitative estimate of drug-likeness (QED) is 0.790. The number of nitrogens with zero attached hydrogens (tertiary/aromatic N) is 4. The minimum absolute atomic E-state index is 0.118. The van der Waals surface area contributed by atoms with Gasteiger partial charge in [-0.25, -0.2) is 4.98 Å². The Morgan fingerprint density at radius 1 is 1.76 bits per heavy atom. The van der Waals surface area contributed by atoms with Gasteiger partial charge >= 0.3 is 0 Å². The summed E-state index contributed by atoms with van der Waals surface area (Å²) >= 11 is 0. The van der Waals surface area contributed by atoms with E-state index < -0.39 is 0 Å². The summed E-state index contributed by atoms with van der Waals surface area (Å²) in [6.45, 7) is 2.97. The summed E-state index contributed by atoms with van der Waals surface area (Å²) in [5, 5.41) is 8.59. The normalized spacial score (nSPS) is 11.9. The molecule has 0 aromatic carbocycles. The van der Waals surface area contributed by atoms with E-state index in [1.54, 1.807) is 24.1 Å². The minimum atomic E-state index is -0.177. The molecule has 1 rings (SSSR count). The highest BCUT2D eigenvalue weighted by molar-refractivity contribution is 5.92. The fourth-order valence-corrected chi connectivity index (χ4v) is 1.39. The highest BCUT2D eigenvalue weighted by Gasteiger charge is 2.19. The van der Waals surface area contributed by atoms with Crippen LogP contribution in [0.3, 0.4) is 0 Å². The molecule has 6 nitrogen and oxygen atoms in total. The van der Waals surface area contributed by atoms with E-state index in [0.717, 1.165) is 0 Å². The van der Waals surface area contributed by atoms with Gasteiger partial charge < -0.3 is 15.2 Å². The molecular formula is C11H17N5O. The lowest BCUT2D eigenvalue weighted by Crippen LogP contribution is -2.35. The van der Waals surface area contributed by atoms with Crippen molar-refractivity contribution >= 4 is 5.91 Å². The Kier molecular flexibility index (Phi) is 4.67. The molecule has 0 fully saturated rings. The average Bonchev–Trinajstić information content (AvgIpc) is 2.76. The number of carbonyl (C=O) groups is 1. The molecule has 0 spiro atoms. The molecule has 0 aliphatic rings. The van der Waals surface area contributed by atoms with Crippen molar-refractivity contribution in [2.45, 2.75) is 25.9 Å². The van der Waals surface area contributed by atoms with E-state index in [9.17, 15) is 4.79 Å². The second-order valence-electron chi connectivity index (χ2n) is 3.91. The number of carbonyl (C=O) groups excluding carboxylic acids is 1. The Morgan fingerprint density at radius 2 is 2.47 bits per heavy atom. The molecule has 0 bridgehead atoms. The summed E-state index contributed by atoms with van der Waals surface area (Å²) in [6.07, 6.45) is 3.57. The lowest BCUT2D eigenvalue weighted by molar-refractivity contribution is 0.0740. The Bertz CT molecular complexity index is 420. The molecule has 0 aliphatic heterocycles. The minimum Gasteiger partial charge on any atom is -0.337 e. The van der Waals surface area contributed by atoms with Gasteiger partial charge in [-0.1, -0.05) is 0 Å². The molecule has 1 heterocycles. The fourth-order valence-electron chi connectivity index (χ4n) is 1.39. The largest absolute Gasteiger partial charge is 0.337 e. The Hall–Kier alpha value is -1.87. The highest BCUT2D eigenvalue weighted by atomic mass is 16.2. The number of nitriles is 1. The highest BCUT2D eigenvalue weighted by Crippen LogP contribution is 2.06. The maximum absolute atomic E-state index is 12.0. The van der Waals surface area contributed by atoms with Gasteiger partial charge in [0.1, 0.15) is 5.69 Å². The molecule has 1 atom stereocenters. The Labute approximate surface area is 101 Å². The van der Waals surface area contributed by atoms with Gasteiger partial charge in [0.15, 0.2) is 0 Å². The van der Waals surface area contributed by atoms with Crippen LogP contribution in [-0.4, -0.2) is 40.0 Å². The molecule has 17 heavy (non-hydrogen) atoms. The van der Waals surface area contributed by atoms with Gasteiger partial charge in [0, 0.05) is 32.4 Å². The van der Waals surface area contributed by atoms with E-state index in [4.69, 9.17) is 11.0 Å². The zero-order valence-electron chi connectivity index (χ0n) is 10.1. The van der Waals surface area contributed by atoms with Crippen LogP contribution in [0.5, 0.6) is 0 Å². The summed E-state index contributed by atoms with van der Waals surface area (Å²) in [5.74, 6) is -0.177. The van der Waals surface area contributed by atoms with Crippen molar-refractivity contribution in [1.29, 1.82) is 5.26 Å². The smallest absolute Gasteiger partial charge is 0.274 e. The topological polar surface area (TPSA) is 87.9 Å². The zero-order chi connectivity index (χ0) is 12.8. The predicted octanol–water partition coefficient (Wildman–Crippen LogP) is 0.216. The van der Waals surface area contributed by atoms with E-state index in [0.29, 0.717) is 25.2 Å². The van der Waals surface area contributed by atoms with Crippen molar-refractivity contribution in [3.05, 3.63) is 18.2 Å². The van der Waals surface area contributed by atoms with Gasteiger partial charge in [-0.2, -0.15) is 5.26 Å². The molecule has 1 amide bonds. The summed E-state index contributed by atoms with van der Waals surface area (Å²) in [6, 6.07) is 1.93. The van der Waals surface area contributed by atoms with Gasteiger partial charge in [0.2, 0.25) is 0 Å². The molecular weight excluding hydrogens is 218 g/mol. The van der Waals surface area contributed by atoms with Crippen LogP contribution in [0.4, 0.5) is 0 Å². The number of hydrogen-bond donors (Lipinski definition) is 1. The first-order chi connectivity index (χ1) is 8.10. The Balaban J connectivity index is 2.71. The lowest BCUT2D eigenvalue weighted by atomic mass is 10.2. The number of rotatable bonds is 5. The summed E-state index contributed by atoms with van der Waals surface area (Å²) < 4.78 is 1.77. The summed E-state index contributed by atoms with van der Waals surface area (Å²) in [7, 11) is 1.67. The van der Waals surface area contributed by atoms with Crippen LogP contribution in [0.25, 0.3) is 0 Å². The van der Waals surface area contributed by atoms with Crippen molar-refractivity contribution in [1.82, 2.24) is 14.5 Å². The number of aromatic nitrogens is 2. The molecule has 0 radical (unpaired) electrons. The average molecular weight is 235 g/mol. The number of hydrogen-bond acceptors (Lipinski definition) is 4. The summed E-state index contributed by atoms with van der Waals surface area (Å²) in [4.78, 5) is 17.5. The van der Waals surface area contributed by atoms with Crippen LogP contribution >= 0.6 is 0 Å². The lowest BCUT2D eigenvalue weighted by Gasteiger charge is -2.21. The molecule has 0 saturated heterocycles. The standard InChI is InChI=1S/C11H17N5O/c1-9(3-4-12)15(2)11(17)10-7-16(6-5-13)8-14-10/h7-9H,3,5-6,13H2,1-2H3. The SMILES string of the molecule is CC(CC#N)N(C)C(=O)c1cn(CCN)cn1. The first kappa shape index (κ1) is 13.2. The van der Waals surface area contributed by atoms with Crippen LogP contribution in [0, 0.1) is 11.3 Å². The van der Waals surface area contributed by atoms with Crippen molar-refractivity contribution in [3.8, 4) is 6.07 Å². The number of amides is 1. The van der Waals surface area contributed by atoms with Gasteiger partial charge in [0.25, 0.3) is 5.91 Å². The van der Waals surface area contributed by atoms with Gasteiger partial charge in [-0.15, -0.1) is 0 Å². The van der Waals surface area contributed by atoms with Gasteiger partial charge in [-0.3, -0.25) is 4.79 Å². The van der Waals surface area contributed by atoms with Crippen LogP contribution in [-0.2, 0) is 6.54 Å². The van der Waals surface area contributed by atoms with Crippen molar-refractivity contribution in [2.24, 2.45) is 5.73 Å². The Morgan fingerprint density at radius 3 is 3.06 bits per heavy atom. The van der Waals surface area contributed by atoms with Crippen LogP contribution in [0.15, 0.2) is 12.5 Å². The maximum Gasteiger partial charge on any atom is 0.274 e. The van der Waals surface area contributed by atoms with Gasteiger partial charge in [-0.05, 0) is 6.92 Å². The van der Waals surface area contributed by atoms with Crippen molar-refractivity contribution in [2.75, 3.05) is 13.6 Å². The third-order valence-electron chi connectivity index (χ3n) is 2.61. The molecule has 0 aliphatic carbocycles. The first-order valence-corrected chi connectivity index (χ1v) is 5.46. The fraction of sp³-hybridized carbons (Fsp3) is 0.545. The van der Waals surface area contributed by atoms with E-state index in [1.807, 2.05) is 13.0 Å². The molecule has 2 N–H and O–H groups in total. The van der Waals surface area contributed by atoms with Crippen LogP contribution in [0.1, 0.15) is 23.8 Å². The zero-order valence-corrected chi connectivity index (χ0v) is 10.1. The third-order valence-corrected chi connectivity index (χ3v) is 2.61. The van der Waals surface area contributed by atoms with E-state index in [-0.39, 0.29) is 11.9 Å². The van der Waals surface area contributed by atoms with E-state index in [2.05, 4.69) is 4.98 Å². The summed E-state index contributed by atoms with van der Waals surface area (Å²) in [5.41, 5.74) is 5.79. The second kappa shape index (κ2) is 6.01. The third kappa shape index (κ3) is 3.29. The predicted molar refractivity (Wildman–Crippen MR) is 63.1 cm³/mol. The van der Waals surface area contributed by atoms with Crippen LogP contribution < -0.4 is 5.73 Å². The van der Waals surface area contributed by atoms with Crippen molar-refractivity contribution < 1.29 is 4.79 Å².